The Balaban J connectivity index is 1.68. The van der Waals surface area contributed by atoms with Crippen molar-refractivity contribution in [3.63, 3.8) is 0 Å². The minimum absolute atomic E-state index is 0.122. The zero-order valence-electron chi connectivity index (χ0n) is 12.2. The third kappa shape index (κ3) is 5.57. The molecule has 1 aromatic carbocycles. The number of carbonyl (C=O) groups excluding carboxylic acids is 2. The van der Waals surface area contributed by atoms with E-state index in [1.165, 1.54) is 11.8 Å². The first-order valence-corrected chi connectivity index (χ1v) is 7.93. The highest BCUT2D eigenvalue weighted by molar-refractivity contribution is 8.00. The standard InChI is InChI=1S/C16H17N3O2S/c1-12-4-6-13(7-5-12)18-15(20)10-22-11-16(21)19-14-3-2-8-17-9-14/h2-9H,10-11H2,1H3,(H,18,20)(H,19,21). The summed E-state index contributed by atoms with van der Waals surface area (Å²) in [4.78, 5) is 27.4. The topological polar surface area (TPSA) is 71.1 Å². The lowest BCUT2D eigenvalue weighted by molar-refractivity contribution is -0.114. The Labute approximate surface area is 133 Å². The molecule has 2 N–H and O–H groups in total. The van der Waals surface area contributed by atoms with Crippen molar-refractivity contribution in [2.45, 2.75) is 6.92 Å². The quantitative estimate of drug-likeness (QED) is 0.860. The molecule has 22 heavy (non-hydrogen) atoms. The third-order valence-corrected chi connectivity index (χ3v) is 3.68. The first kappa shape index (κ1) is 16.0. The second-order valence-corrected chi connectivity index (χ2v) is 5.68. The molecule has 2 amide bonds. The van der Waals surface area contributed by atoms with Gasteiger partial charge < -0.3 is 10.6 Å². The molecule has 0 aliphatic heterocycles. The van der Waals surface area contributed by atoms with Crippen molar-refractivity contribution >= 4 is 35.0 Å². The molecule has 1 aromatic heterocycles. The molecule has 0 saturated carbocycles. The highest BCUT2D eigenvalue weighted by Gasteiger charge is 2.06. The second-order valence-electron chi connectivity index (χ2n) is 4.70. The molecule has 0 bridgehead atoms. The van der Waals surface area contributed by atoms with Gasteiger partial charge in [-0.2, -0.15) is 0 Å². The molecule has 0 spiro atoms. The monoisotopic (exact) mass is 315 g/mol. The van der Waals surface area contributed by atoms with Crippen LogP contribution in [0.5, 0.6) is 0 Å². The van der Waals surface area contributed by atoms with Gasteiger partial charge in [-0.05, 0) is 31.2 Å². The molecule has 0 radical (unpaired) electrons. The van der Waals surface area contributed by atoms with Crippen LogP contribution >= 0.6 is 11.8 Å². The molecule has 0 aliphatic rings. The number of anilines is 2. The minimum atomic E-state index is -0.152. The van der Waals surface area contributed by atoms with E-state index in [2.05, 4.69) is 15.6 Å². The number of pyridine rings is 1. The summed E-state index contributed by atoms with van der Waals surface area (Å²) in [5.41, 5.74) is 2.55. The van der Waals surface area contributed by atoms with Crippen molar-refractivity contribution < 1.29 is 9.59 Å². The maximum atomic E-state index is 11.8. The summed E-state index contributed by atoms with van der Waals surface area (Å²) in [6.45, 7) is 1.99. The average molecular weight is 315 g/mol. The van der Waals surface area contributed by atoms with E-state index in [0.29, 0.717) is 5.69 Å². The molecular weight excluding hydrogens is 298 g/mol. The summed E-state index contributed by atoms with van der Waals surface area (Å²) >= 11 is 1.27. The van der Waals surface area contributed by atoms with Gasteiger partial charge in [0.15, 0.2) is 0 Å². The Hall–Kier alpha value is -2.34. The lowest BCUT2D eigenvalue weighted by atomic mass is 10.2. The summed E-state index contributed by atoms with van der Waals surface area (Å²) in [6, 6.07) is 11.1. The Bertz CT molecular complexity index is 630. The number of rotatable bonds is 6. The molecule has 5 nitrogen and oxygen atoms in total. The number of carbonyl (C=O) groups is 2. The molecule has 2 aromatic rings. The summed E-state index contributed by atoms with van der Waals surface area (Å²) in [5.74, 6) is 0.175. The number of aryl methyl sites for hydroxylation is 1. The smallest absolute Gasteiger partial charge is 0.234 e. The summed E-state index contributed by atoms with van der Waals surface area (Å²) in [6.07, 6.45) is 3.21. The van der Waals surface area contributed by atoms with E-state index >= 15 is 0 Å². The van der Waals surface area contributed by atoms with Gasteiger partial charge >= 0.3 is 0 Å². The van der Waals surface area contributed by atoms with Crippen LogP contribution < -0.4 is 10.6 Å². The van der Waals surface area contributed by atoms with Gasteiger partial charge in [-0.1, -0.05) is 17.7 Å². The van der Waals surface area contributed by atoms with Crippen LogP contribution in [0.1, 0.15) is 5.56 Å². The van der Waals surface area contributed by atoms with Crippen molar-refractivity contribution in [3.05, 3.63) is 54.4 Å². The number of benzene rings is 1. The van der Waals surface area contributed by atoms with Crippen LogP contribution in [-0.4, -0.2) is 28.3 Å². The van der Waals surface area contributed by atoms with Crippen molar-refractivity contribution in [1.29, 1.82) is 0 Å². The number of hydrogen-bond donors (Lipinski definition) is 2. The Morgan fingerprint density at radius 1 is 1.00 bits per heavy atom. The minimum Gasteiger partial charge on any atom is -0.325 e. The van der Waals surface area contributed by atoms with Crippen LogP contribution in [0.4, 0.5) is 11.4 Å². The van der Waals surface area contributed by atoms with Gasteiger partial charge in [-0.3, -0.25) is 14.6 Å². The van der Waals surface area contributed by atoms with E-state index in [9.17, 15) is 9.59 Å². The molecule has 0 aliphatic carbocycles. The van der Waals surface area contributed by atoms with E-state index in [-0.39, 0.29) is 23.3 Å². The molecule has 0 unspecified atom stereocenters. The Morgan fingerprint density at radius 2 is 1.64 bits per heavy atom. The average Bonchev–Trinajstić information content (AvgIpc) is 2.50. The Morgan fingerprint density at radius 3 is 2.23 bits per heavy atom. The van der Waals surface area contributed by atoms with Gasteiger partial charge in [0.05, 0.1) is 23.4 Å². The highest BCUT2D eigenvalue weighted by Crippen LogP contribution is 2.10. The largest absolute Gasteiger partial charge is 0.325 e. The predicted molar refractivity (Wildman–Crippen MR) is 90.0 cm³/mol. The van der Waals surface area contributed by atoms with Gasteiger partial charge in [0.1, 0.15) is 0 Å². The van der Waals surface area contributed by atoms with Crippen LogP contribution in [0.3, 0.4) is 0 Å². The SMILES string of the molecule is Cc1ccc(NC(=O)CSCC(=O)Nc2cccnc2)cc1. The Kier molecular flexibility index (Phi) is 5.97. The van der Waals surface area contributed by atoms with Crippen LogP contribution in [0.2, 0.25) is 0 Å². The second kappa shape index (κ2) is 8.19. The number of nitrogens with zero attached hydrogens (tertiary/aromatic N) is 1. The fourth-order valence-corrected chi connectivity index (χ4v) is 2.32. The van der Waals surface area contributed by atoms with Gasteiger partial charge in [0.2, 0.25) is 11.8 Å². The number of thioether (sulfide) groups is 1. The van der Waals surface area contributed by atoms with Gasteiger partial charge in [-0.15, -0.1) is 11.8 Å². The zero-order valence-corrected chi connectivity index (χ0v) is 13.0. The number of nitrogens with one attached hydrogen (secondary N) is 2. The normalized spacial score (nSPS) is 10.0. The molecule has 0 saturated heterocycles. The molecule has 2 rings (SSSR count). The van der Waals surface area contributed by atoms with Crippen molar-refractivity contribution in [2.75, 3.05) is 22.1 Å². The van der Waals surface area contributed by atoms with Crippen molar-refractivity contribution in [2.24, 2.45) is 0 Å². The van der Waals surface area contributed by atoms with Crippen LogP contribution in [0.25, 0.3) is 0 Å². The molecule has 1 heterocycles. The van der Waals surface area contributed by atoms with E-state index in [1.807, 2.05) is 31.2 Å². The zero-order chi connectivity index (χ0) is 15.8. The third-order valence-electron chi connectivity index (χ3n) is 2.75. The molecule has 114 valence electrons. The lowest BCUT2D eigenvalue weighted by Crippen LogP contribution is -2.18. The van der Waals surface area contributed by atoms with Crippen LogP contribution in [0, 0.1) is 6.92 Å². The van der Waals surface area contributed by atoms with E-state index in [1.54, 1.807) is 24.5 Å². The number of amides is 2. The van der Waals surface area contributed by atoms with E-state index in [0.717, 1.165) is 11.3 Å². The maximum Gasteiger partial charge on any atom is 0.234 e. The number of aromatic nitrogens is 1. The maximum absolute atomic E-state index is 11.8. The summed E-state index contributed by atoms with van der Waals surface area (Å²) < 4.78 is 0. The lowest BCUT2D eigenvalue weighted by Gasteiger charge is -2.06. The summed E-state index contributed by atoms with van der Waals surface area (Å²) in [5, 5.41) is 5.51. The molecular formula is C16H17N3O2S. The molecule has 6 heteroatoms. The first-order valence-electron chi connectivity index (χ1n) is 6.77. The fourth-order valence-electron chi connectivity index (χ4n) is 1.70. The predicted octanol–water partition coefficient (Wildman–Crippen LogP) is 2.70. The first-order chi connectivity index (χ1) is 10.6. The van der Waals surface area contributed by atoms with Gasteiger partial charge in [0, 0.05) is 11.9 Å². The van der Waals surface area contributed by atoms with Crippen molar-refractivity contribution in [3.8, 4) is 0 Å². The molecule has 0 fully saturated rings. The highest BCUT2D eigenvalue weighted by atomic mass is 32.2. The molecule has 0 atom stereocenters. The fraction of sp³-hybridized carbons (Fsp3) is 0.188. The van der Waals surface area contributed by atoms with E-state index in [4.69, 9.17) is 0 Å². The van der Waals surface area contributed by atoms with Crippen molar-refractivity contribution in [1.82, 2.24) is 4.98 Å². The van der Waals surface area contributed by atoms with Crippen LogP contribution in [-0.2, 0) is 9.59 Å². The van der Waals surface area contributed by atoms with E-state index < -0.39 is 0 Å². The summed E-state index contributed by atoms with van der Waals surface area (Å²) in [7, 11) is 0. The number of hydrogen-bond acceptors (Lipinski definition) is 4. The van der Waals surface area contributed by atoms with Gasteiger partial charge in [-0.25, -0.2) is 0 Å². The van der Waals surface area contributed by atoms with Crippen LogP contribution in [0.15, 0.2) is 48.8 Å². The van der Waals surface area contributed by atoms with Gasteiger partial charge in [0.25, 0.3) is 0 Å².